The predicted molar refractivity (Wildman–Crippen MR) is 148 cm³/mol. The van der Waals surface area contributed by atoms with E-state index in [1.54, 1.807) is 42.5 Å². The number of piperazine rings is 1. The average Bonchev–Trinajstić information content (AvgIpc) is 2.95. The maximum absolute atomic E-state index is 13.6. The van der Waals surface area contributed by atoms with Crippen LogP contribution in [0.2, 0.25) is 5.02 Å². The van der Waals surface area contributed by atoms with Crippen LogP contribution in [0.15, 0.2) is 109 Å². The van der Waals surface area contributed by atoms with Gasteiger partial charge in [0.1, 0.15) is 0 Å². The van der Waals surface area contributed by atoms with Crippen LogP contribution in [0.25, 0.3) is 0 Å². The summed E-state index contributed by atoms with van der Waals surface area (Å²) in [6.45, 7) is 2.69. The Kier molecular flexibility index (Phi) is 7.64. The molecule has 1 heterocycles. The molecule has 0 saturated carbocycles. The Labute approximate surface area is 222 Å². The molecule has 186 valence electrons. The fourth-order valence-electron chi connectivity index (χ4n) is 4.85. The van der Waals surface area contributed by atoms with Crippen molar-refractivity contribution in [2.75, 3.05) is 31.5 Å². The van der Waals surface area contributed by atoms with E-state index < -0.39 is 0 Å². The van der Waals surface area contributed by atoms with Gasteiger partial charge in [-0.05, 0) is 35.4 Å². The van der Waals surface area contributed by atoms with Crippen LogP contribution in [0, 0.1) is 0 Å². The molecule has 1 aliphatic heterocycles. The fourth-order valence-corrected chi connectivity index (χ4v) is 5.07. The molecule has 1 aliphatic rings. The highest BCUT2D eigenvalue weighted by atomic mass is 35.5. The number of carbonyl (C=O) groups excluding carboxylic acids is 2. The van der Waals surface area contributed by atoms with E-state index in [1.165, 1.54) is 11.1 Å². The van der Waals surface area contributed by atoms with Crippen molar-refractivity contribution in [1.82, 2.24) is 9.80 Å². The van der Waals surface area contributed by atoms with Gasteiger partial charge in [-0.3, -0.25) is 14.5 Å². The Morgan fingerprint density at radius 3 is 1.76 bits per heavy atom. The molecule has 0 unspecified atom stereocenters. The Balaban J connectivity index is 1.31. The number of para-hydroxylation sites is 1. The molecular formula is C31H28ClN3O2. The zero-order valence-electron chi connectivity index (χ0n) is 20.4. The zero-order chi connectivity index (χ0) is 25.6. The van der Waals surface area contributed by atoms with E-state index in [-0.39, 0.29) is 17.9 Å². The van der Waals surface area contributed by atoms with Gasteiger partial charge in [0, 0.05) is 26.2 Å². The summed E-state index contributed by atoms with van der Waals surface area (Å²) >= 11 is 6.20. The molecule has 0 atom stereocenters. The summed E-state index contributed by atoms with van der Waals surface area (Å²) in [6, 6.07) is 35.1. The molecule has 1 N–H and O–H groups in total. The van der Waals surface area contributed by atoms with Crippen molar-refractivity contribution in [2.45, 2.75) is 6.04 Å². The first kappa shape index (κ1) is 24.8. The summed E-state index contributed by atoms with van der Waals surface area (Å²) in [5.74, 6) is -0.435. The molecule has 4 aromatic rings. The molecule has 0 bridgehead atoms. The van der Waals surface area contributed by atoms with E-state index in [9.17, 15) is 9.59 Å². The third-order valence-electron chi connectivity index (χ3n) is 6.72. The van der Waals surface area contributed by atoms with E-state index in [0.29, 0.717) is 34.9 Å². The van der Waals surface area contributed by atoms with Gasteiger partial charge in [-0.2, -0.15) is 0 Å². The minimum Gasteiger partial charge on any atom is -0.336 e. The van der Waals surface area contributed by atoms with E-state index >= 15 is 0 Å². The number of nitrogens with one attached hydrogen (secondary N) is 1. The maximum Gasteiger partial charge on any atom is 0.257 e. The lowest BCUT2D eigenvalue weighted by molar-refractivity contribution is 0.0598. The highest BCUT2D eigenvalue weighted by molar-refractivity contribution is 6.34. The molecule has 2 amide bonds. The number of nitrogens with zero attached hydrogens (tertiary/aromatic N) is 2. The number of hydrogen-bond acceptors (Lipinski definition) is 3. The van der Waals surface area contributed by atoms with Crippen LogP contribution in [0.3, 0.4) is 0 Å². The highest BCUT2D eigenvalue weighted by Crippen LogP contribution is 2.30. The van der Waals surface area contributed by atoms with Gasteiger partial charge in [0.25, 0.3) is 11.8 Å². The molecule has 1 saturated heterocycles. The standard InChI is InChI=1S/C31H28ClN3O2/c32-27-17-9-7-15-25(27)30(36)33-28-18-10-8-16-26(28)31(37)35-21-19-34(20-22-35)29(23-11-3-1-4-12-23)24-13-5-2-6-14-24/h1-18,29H,19-22H2,(H,33,36). The van der Waals surface area contributed by atoms with Gasteiger partial charge in [-0.15, -0.1) is 0 Å². The molecule has 5 rings (SSSR count). The van der Waals surface area contributed by atoms with Crippen molar-refractivity contribution in [3.05, 3.63) is 136 Å². The number of rotatable bonds is 6. The monoisotopic (exact) mass is 509 g/mol. The van der Waals surface area contributed by atoms with Crippen molar-refractivity contribution < 1.29 is 9.59 Å². The number of amides is 2. The molecule has 1 fully saturated rings. The smallest absolute Gasteiger partial charge is 0.257 e. The highest BCUT2D eigenvalue weighted by Gasteiger charge is 2.29. The lowest BCUT2D eigenvalue weighted by Crippen LogP contribution is -2.50. The molecular weight excluding hydrogens is 482 g/mol. The molecule has 0 spiro atoms. The summed E-state index contributed by atoms with van der Waals surface area (Å²) < 4.78 is 0. The van der Waals surface area contributed by atoms with Crippen LogP contribution >= 0.6 is 11.6 Å². The van der Waals surface area contributed by atoms with Crippen molar-refractivity contribution >= 4 is 29.1 Å². The third kappa shape index (κ3) is 5.58. The molecule has 0 radical (unpaired) electrons. The van der Waals surface area contributed by atoms with Gasteiger partial charge >= 0.3 is 0 Å². The first-order valence-corrected chi connectivity index (χ1v) is 12.8. The molecule has 4 aromatic carbocycles. The van der Waals surface area contributed by atoms with Crippen molar-refractivity contribution in [3.8, 4) is 0 Å². The summed E-state index contributed by atoms with van der Waals surface area (Å²) in [7, 11) is 0. The normalized spacial score (nSPS) is 13.9. The maximum atomic E-state index is 13.6. The summed E-state index contributed by atoms with van der Waals surface area (Å²) in [4.78, 5) is 30.7. The number of benzene rings is 4. The van der Waals surface area contributed by atoms with Gasteiger partial charge in [-0.25, -0.2) is 0 Å². The van der Waals surface area contributed by atoms with Crippen LogP contribution in [0.4, 0.5) is 5.69 Å². The second kappa shape index (κ2) is 11.4. The molecule has 6 heteroatoms. The van der Waals surface area contributed by atoms with Gasteiger partial charge in [-0.1, -0.05) is 96.5 Å². The Hall–Kier alpha value is -3.93. The van der Waals surface area contributed by atoms with Crippen LogP contribution in [-0.4, -0.2) is 47.8 Å². The van der Waals surface area contributed by atoms with Crippen LogP contribution in [0.5, 0.6) is 0 Å². The molecule has 37 heavy (non-hydrogen) atoms. The number of halogens is 1. The molecule has 0 aliphatic carbocycles. The van der Waals surface area contributed by atoms with E-state index in [0.717, 1.165) is 13.1 Å². The summed E-state index contributed by atoms with van der Waals surface area (Å²) in [6.07, 6.45) is 0. The van der Waals surface area contributed by atoms with Crippen molar-refractivity contribution in [1.29, 1.82) is 0 Å². The zero-order valence-corrected chi connectivity index (χ0v) is 21.1. The molecule has 5 nitrogen and oxygen atoms in total. The van der Waals surface area contributed by atoms with E-state index in [4.69, 9.17) is 11.6 Å². The Morgan fingerprint density at radius 1 is 0.649 bits per heavy atom. The van der Waals surface area contributed by atoms with Gasteiger partial charge in [0.05, 0.1) is 27.9 Å². The quantitative estimate of drug-likeness (QED) is 0.339. The predicted octanol–water partition coefficient (Wildman–Crippen LogP) is 6.14. The van der Waals surface area contributed by atoms with Gasteiger partial charge < -0.3 is 10.2 Å². The second-order valence-corrected chi connectivity index (χ2v) is 9.44. The summed E-state index contributed by atoms with van der Waals surface area (Å²) in [5.41, 5.74) is 3.79. The Morgan fingerprint density at radius 2 is 1.16 bits per heavy atom. The number of anilines is 1. The lowest BCUT2D eigenvalue weighted by atomic mass is 9.96. The fraction of sp³-hybridized carbons (Fsp3) is 0.161. The van der Waals surface area contributed by atoms with Gasteiger partial charge in [0.15, 0.2) is 0 Å². The largest absolute Gasteiger partial charge is 0.336 e. The lowest BCUT2D eigenvalue weighted by Gasteiger charge is -2.40. The van der Waals surface area contributed by atoms with Crippen LogP contribution in [-0.2, 0) is 0 Å². The van der Waals surface area contributed by atoms with Crippen LogP contribution < -0.4 is 5.32 Å². The third-order valence-corrected chi connectivity index (χ3v) is 7.05. The van der Waals surface area contributed by atoms with Crippen molar-refractivity contribution in [2.24, 2.45) is 0 Å². The first-order valence-electron chi connectivity index (χ1n) is 12.4. The average molecular weight is 510 g/mol. The second-order valence-electron chi connectivity index (χ2n) is 9.03. The number of carbonyl (C=O) groups is 2. The minimum absolute atomic E-state index is 0.0920. The first-order chi connectivity index (χ1) is 18.1. The van der Waals surface area contributed by atoms with Crippen molar-refractivity contribution in [3.63, 3.8) is 0 Å². The minimum atomic E-state index is -0.343. The van der Waals surface area contributed by atoms with Gasteiger partial charge in [0.2, 0.25) is 0 Å². The topological polar surface area (TPSA) is 52.7 Å². The molecule has 0 aromatic heterocycles. The summed E-state index contributed by atoms with van der Waals surface area (Å²) in [5, 5.41) is 3.24. The van der Waals surface area contributed by atoms with E-state index in [1.807, 2.05) is 23.1 Å². The van der Waals surface area contributed by atoms with E-state index in [2.05, 4.69) is 58.7 Å². The SMILES string of the molecule is O=C(Nc1ccccc1C(=O)N1CCN(C(c2ccccc2)c2ccccc2)CC1)c1ccccc1Cl. The number of hydrogen-bond donors (Lipinski definition) is 1. The van der Waals surface area contributed by atoms with Crippen LogP contribution in [0.1, 0.15) is 37.9 Å². The Bertz CT molecular complexity index is 1330.